The Bertz CT molecular complexity index is 639. The monoisotopic (exact) mass is 290 g/mol. The Morgan fingerprint density at radius 1 is 1.19 bits per heavy atom. The third-order valence-corrected chi connectivity index (χ3v) is 3.23. The Hall–Kier alpha value is -2.43. The fraction of sp³-hybridized carbons (Fsp3) is 0.188. The van der Waals surface area contributed by atoms with Gasteiger partial charge in [0, 0.05) is 23.4 Å². The van der Waals surface area contributed by atoms with Crippen LogP contribution in [0.4, 0.5) is 14.5 Å². The van der Waals surface area contributed by atoms with Crippen LogP contribution in [0.5, 0.6) is 0 Å². The Morgan fingerprint density at radius 3 is 2.38 bits per heavy atom. The molecule has 0 heterocycles. The number of amides is 1. The maximum absolute atomic E-state index is 12.5. The second-order valence-electron chi connectivity index (χ2n) is 4.79. The van der Waals surface area contributed by atoms with Gasteiger partial charge in [-0.3, -0.25) is 4.79 Å². The summed E-state index contributed by atoms with van der Waals surface area (Å²) >= 11 is 0. The summed E-state index contributed by atoms with van der Waals surface area (Å²) in [7, 11) is 0. The molecule has 3 nitrogen and oxygen atoms in total. The quantitative estimate of drug-likeness (QED) is 0.883. The normalized spacial score (nSPS) is 10.7. The first-order chi connectivity index (χ1) is 9.97. The maximum atomic E-state index is 12.5. The molecule has 2 rings (SSSR count). The van der Waals surface area contributed by atoms with Crippen molar-refractivity contribution in [2.24, 2.45) is 5.73 Å². The predicted molar refractivity (Wildman–Crippen MR) is 78.4 cm³/mol. The molecule has 110 valence electrons. The number of alkyl halides is 2. The van der Waals surface area contributed by atoms with Crippen molar-refractivity contribution in [2.75, 3.05) is 5.32 Å². The average molecular weight is 290 g/mol. The fourth-order valence-corrected chi connectivity index (χ4v) is 1.99. The second-order valence-corrected chi connectivity index (χ2v) is 4.79. The summed E-state index contributed by atoms with van der Waals surface area (Å²) in [6, 6.07) is 11.3. The van der Waals surface area contributed by atoms with Gasteiger partial charge >= 0.3 is 0 Å². The van der Waals surface area contributed by atoms with Gasteiger partial charge in [-0.1, -0.05) is 24.3 Å². The van der Waals surface area contributed by atoms with Crippen molar-refractivity contribution < 1.29 is 13.6 Å². The topological polar surface area (TPSA) is 55.1 Å². The number of rotatable bonds is 5. The van der Waals surface area contributed by atoms with Gasteiger partial charge in [0.15, 0.2) is 0 Å². The third-order valence-electron chi connectivity index (χ3n) is 3.23. The van der Waals surface area contributed by atoms with Gasteiger partial charge in [-0.05, 0) is 36.2 Å². The van der Waals surface area contributed by atoms with Crippen LogP contribution >= 0.6 is 0 Å². The zero-order chi connectivity index (χ0) is 15.4. The molecule has 5 heteroatoms. The van der Waals surface area contributed by atoms with Gasteiger partial charge in [-0.15, -0.1) is 0 Å². The fourth-order valence-electron chi connectivity index (χ4n) is 1.99. The van der Waals surface area contributed by atoms with Crippen LogP contribution in [0.3, 0.4) is 0 Å². The number of anilines is 1. The van der Waals surface area contributed by atoms with Gasteiger partial charge in [0.05, 0.1) is 0 Å². The molecule has 0 aromatic heterocycles. The van der Waals surface area contributed by atoms with Gasteiger partial charge in [0.1, 0.15) is 0 Å². The number of primary amides is 1. The minimum Gasteiger partial charge on any atom is -0.381 e. The molecule has 0 aliphatic heterocycles. The lowest BCUT2D eigenvalue weighted by molar-refractivity contribution is 0.1000. The summed E-state index contributed by atoms with van der Waals surface area (Å²) in [5.41, 5.74) is 8.36. The first-order valence-corrected chi connectivity index (χ1v) is 6.48. The standard InChI is InChI=1S/C16H16F2N2O/c1-10-8-13(16(19)21)6-7-14(10)20-9-11-2-4-12(5-3-11)15(17)18/h2-8,15,20H,9H2,1H3,(H2,19,21). The van der Waals surface area contributed by atoms with Crippen LogP contribution in [0.15, 0.2) is 42.5 Å². The van der Waals surface area contributed by atoms with Crippen molar-refractivity contribution in [3.05, 3.63) is 64.7 Å². The molecule has 0 saturated heterocycles. The molecule has 0 aliphatic rings. The molecule has 1 amide bonds. The van der Waals surface area contributed by atoms with Crippen molar-refractivity contribution in [1.29, 1.82) is 0 Å². The predicted octanol–water partition coefficient (Wildman–Crippen LogP) is 3.64. The van der Waals surface area contributed by atoms with E-state index in [1.807, 2.05) is 6.92 Å². The molecule has 0 bridgehead atoms. The van der Waals surface area contributed by atoms with E-state index in [1.165, 1.54) is 12.1 Å². The number of nitrogens with one attached hydrogen (secondary N) is 1. The molecule has 0 atom stereocenters. The van der Waals surface area contributed by atoms with Crippen molar-refractivity contribution in [3.63, 3.8) is 0 Å². The van der Waals surface area contributed by atoms with Gasteiger partial charge in [0.25, 0.3) is 6.43 Å². The SMILES string of the molecule is Cc1cc(C(N)=O)ccc1NCc1ccc(C(F)F)cc1. The van der Waals surface area contributed by atoms with E-state index in [0.717, 1.165) is 16.8 Å². The van der Waals surface area contributed by atoms with E-state index in [2.05, 4.69) is 5.32 Å². The molecule has 0 saturated carbocycles. The second kappa shape index (κ2) is 6.35. The molecular formula is C16H16F2N2O. The minimum atomic E-state index is -2.45. The maximum Gasteiger partial charge on any atom is 0.263 e. The largest absolute Gasteiger partial charge is 0.381 e. The summed E-state index contributed by atoms with van der Waals surface area (Å²) in [4.78, 5) is 11.1. The Labute approximate surface area is 121 Å². The van der Waals surface area contributed by atoms with Crippen molar-refractivity contribution in [1.82, 2.24) is 0 Å². The molecule has 2 aromatic carbocycles. The average Bonchev–Trinajstić information content (AvgIpc) is 2.46. The number of carbonyl (C=O) groups is 1. The molecule has 21 heavy (non-hydrogen) atoms. The summed E-state index contributed by atoms with van der Waals surface area (Å²) in [5, 5.41) is 3.20. The van der Waals surface area contributed by atoms with Gasteiger partial charge in [-0.2, -0.15) is 0 Å². The number of halogens is 2. The van der Waals surface area contributed by atoms with E-state index in [1.54, 1.807) is 30.3 Å². The Morgan fingerprint density at radius 2 is 1.86 bits per heavy atom. The van der Waals surface area contributed by atoms with Crippen LogP contribution in [0.1, 0.15) is 33.5 Å². The smallest absolute Gasteiger partial charge is 0.263 e. The number of nitrogens with two attached hydrogens (primary N) is 1. The molecule has 0 radical (unpaired) electrons. The van der Waals surface area contributed by atoms with Crippen molar-refractivity contribution in [3.8, 4) is 0 Å². The zero-order valence-electron chi connectivity index (χ0n) is 11.6. The van der Waals surface area contributed by atoms with E-state index in [0.29, 0.717) is 12.1 Å². The summed E-state index contributed by atoms with van der Waals surface area (Å²) < 4.78 is 24.9. The van der Waals surface area contributed by atoms with Gasteiger partial charge in [-0.25, -0.2) is 8.78 Å². The third kappa shape index (κ3) is 3.78. The van der Waals surface area contributed by atoms with Crippen molar-refractivity contribution >= 4 is 11.6 Å². The van der Waals surface area contributed by atoms with Gasteiger partial charge < -0.3 is 11.1 Å². The molecule has 2 aromatic rings. The van der Waals surface area contributed by atoms with Crippen LogP contribution in [0, 0.1) is 6.92 Å². The number of hydrogen-bond donors (Lipinski definition) is 2. The highest BCUT2D eigenvalue weighted by atomic mass is 19.3. The van der Waals surface area contributed by atoms with E-state index in [4.69, 9.17) is 5.73 Å². The summed E-state index contributed by atoms with van der Waals surface area (Å²) in [6.07, 6.45) is -2.45. The lowest BCUT2D eigenvalue weighted by atomic mass is 10.1. The molecular weight excluding hydrogens is 274 g/mol. The first kappa shape index (κ1) is 15.0. The minimum absolute atomic E-state index is 0.0146. The molecule has 3 N–H and O–H groups in total. The lowest BCUT2D eigenvalue weighted by Crippen LogP contribution is -2.11. The van der Waals surface area contributed by atoms with E-state index in [9.17, 15) is 13.6 Å². The number of aryl methyl sites for hydroxylation is 1. The summed E-state index contributed by atoms with van der Waals surface area (Å²) in [6.45, 7) is 2.38. The Kier molecular flexibility index (Phi) is 4.52. The lowest BCUT2D eigenvalue weighted by Gasteiger charge is -2.11. The highest BCUT2D eigenvalue weighted by molar-refractivity contribution is 5.93. The molecule has 0 aliphatic carbocycles. The van der Waals surface area contributed by atoms with E-state index in [-0.39, 0.29) is 5.56 Å². The first-order valence-electron chi connectivity index (χ1n) is 6.48. The van der Waals surface area contributed by atoms with E-state index >= 15 is 0 Å². The highest BCUT2D eigenvalue weighted by Crippen LogP contribution is 2.20. The van der Waals surface area contributed by atoms with Crippen LogP contribution in [-0.4, -0.2) is 5.91 Å². The highest BCUT2D eigenvalue weighted by Gasteiger charge is 2.07. The van der Waals surface area contributed by atoms with Crippen LogP contribution in [0.25, 0.3) is 0 Å². The van der Waals surface area contributed by atoms with Crippen molar-refractivity contribution in [2.45, 2.75) is 19.9 Å². The van der Waals surface area contributed by atoms with Crippen LogP contribution < -0.4 is 11.1 Å². The number of carbonyl (C=O) groups excluding carboxylic acids is 1. The number of benzene rings is 2. The molecule has 0 unspecified atom stereocenters. The van der Waals surface area contributed by atoms with E-state index < -0.39 is 12.3 Å². The molecule has 0 spiro atoms. The molecule has 0 fully saturated rings. The summed E-state index contributed by atoms with van der Waals surface area (Å²) in [5.74, 6) is -0.466. The zero-order valence-corrected chi connectivity index (χ0v) is 11.6. The van der Waals surface area contributed by atoms with Crippen LogP contribution in [0.2, 0.25) is 0 Å². The van der Waals surface area contributed by atoms with Gasteiger partial charge in [0.2, 0.25) is 5.91 Å². The number of hydrogen-bond acceptors (Lipinski definition) is 2. The Balaban J connectivity index is 2.04. The van der Waals surface area contributed by atoms with Crippen LogP contribution in [-0.2, 0) is 6.54 Å².